The molecule has 114 valence electrons. The smallest absolute Gasteiger partial charge is 0.263 e. The molecule has 2 atom stereocenters. The molecule has 0 saturated heterocycles. The highest BCUT2D eigenvalue weighted by Crippen LogP contribution is 2.47. The lowest BCUT2D eigenvalue weighted by Gasteiger charge is -2.33. The third-order valence-corrected chi connectivity index (χ3v) is 4.38. The minimum atomic E-state index is -1.87. The van der Waals surface area contributed by atoms with E-state index in [0.29, 0.717) is 0 Å². The summed E-state index contributed by atoms with van der Waals surface area (Å²) in [5.41, 5.74) is -0.0571. The average molecular weight is 301 g/mol. The first-order valence-electron chi connectivity index (χ1n) is 6.77. The van der Waals surface area contributed by atoms with Gasteiger partial charge in [-0.3, -0.25) is 20.2 Å². The topological polar surface area (TPSA) is 110 Å². The third kappa shape index (κ3) is 2.33. The van der Waals surface area contributed by atoms with Gasteiger partial charge in [0.25, 0.3) is 5.69 Å². The summed E-state index contributed by atoms with van der Waals surface area (Å²) in [5, 5.41) is 32.3. The lowest BCUT2D eigenvalue weighted by Crippen LogP contribution is -2.45. The van der Waals surface area contributed by atoms with Crippen molar-refractivity contribution in [3.63, 3.8) is 0 Å². The zero-order valence-electron chi connectivity index (χ0n) is 12.3. The number of hydrogen-bond acceptors (Lipinski definition) is 5. The van der Waals surface area contributed by atoms with Gasteiger partial charge < -0.3 is 0 Å². The summed E-state index contributed by atoms with van der Waals surface area (Å²) in [6, 6.07) is 7.77. The summed E-state index contributed by atoms with van der Waals surface area (Å²) >= 11 is 0. The van der Waals surface area contributed by atoms with Crippen LogP contribution in [0.3, 0.4) is 0 Å². The van der Waals surface area contributed by atoms with Crippen molar-refractivity contribution >= 4 is 5.69 Å². The zero-order chi connectivity index (χ0) is 16.5. The Balaban J connectivity index is 2.69. The molecule has 7 heteroatoms. The molecule has 0 fully saturated rings. The first-order chi connectivity index (χ1) is 10.3. The second-order valence-corrected chi connectivity index (χ2v) is 5.60. The van der Waals surface area contributed by atoms with Crippen molar-refractivity contribution in [2.24, 2.45) is 0 Å². The molecular formula is C15H15N3O4. The van der Waals surface area contributed by atoms with E-state index in [1.165, 1.54) is 18.2 Å². The monoisotopic (exact) mass is 301 g/mol. The molecule has 0 unspecified atom stereocenters. The molecule has 0 bridgehead atoms. The van der Waals surface area contributed by atoms with Crippen LogP contribution in [0.15, 0.2) is 35.4 Å². The first kappa shape index (κ1) is 15.6. The van der Waals surface area contributed by atoms with E-state index in [4.69, 9.17) is 0 Å². The largest absolute Gasteiger partial charge is 0.316 e. The summed E-state index contributed by atoms with van der Waals surface area (Å²) in [4.78, 5) is 21.7. The van der Waals surface area contributed by atoms with Gasteiger partial charge in [0.2, 0.25) is 0 Å². The van der Waals surface area contributed by atoms with Gasteiger partial charge >= 0.3 is 5.54 Å². The number of hydrogen-bond donors (Lipinski definition) is 0. The minimum Gasteiger partial charge on any atom is -0.263 e. The van der Waals surface area contributed by atoms with E-state index in [1.807, 2.05) is 13.0 Å². The van der Waals surface area contributed by atoms with Gasteiger partial charge in [0.05, 0.1) is 17.3 Å². The number of nitriles is 1. The number of nitrogens with zero attached hydrogens (tertiary/aromatic N) is 3. The quantitative estimate of drug-likeness (QED) is 0.483. The predicted molar refractivity (Wildman–Crippen MR) is 78.8 cm³/mol. The molecule has 7 nitrogen and oxygen atoms in total. The van der Waals surface area contributed by atoms with Crippen LogP contribution in [0.5, 0.6) is 0 Å². The molecule has 0 N–H and O–H groups in total. The molecule has 1 aromatic rings. The van der Waals surface area contributed by atoms with E-state index in [1.54, 1.807) is 13.0 Å². The third-order valence-electron chi connectivity index (χ3n) is 4.38. The number of para-hydroxylation sites is 1. The van der Waals surface area contributed by atoms with Gasteiger partial charge in [-0.25, -0.2) is 0 Å². The van der Waals surface area contributed by atoms with Crippen molar-refractivity contribution in [1.29, 1.82) is 5.26 Å². The van der Waals surface area contributed by atoms with Crippen LogP contribution in [-0.4, -0.2) is 15.4 Å². The zero-order valence-corrected chi connectivity index (χ0v) is 12.3. The Morgan fingerprint density at radius 2 is 1.86 bits per heavy atom. The van der Waals surface area contributed by atoms with E-state index < -0.39 is 21.3 Å². The molecule has 2 rings (SSSR count). The standard InChI is InChI=1S/C15H15N3O4/c1-10-7-13(12-5-3-4-6-14(12)17(19)20)15(9-16,18(21)22)8-11(10)2/h3-6,13H,7-8H2,1-2H3/t13-,15-/m1/s1. The Labute approximate surface area is 127 Å². The van der Waals surface area contributed by atoms with E-state index in [-0.39, 0.29) is 24.1 Å². The molecule has 0 saturated carbocycles. The Kier molecular flexibility index (Phi) is 3.95. The van der Waals surface area contributed by atoms with Crippen molar-refractivity contribution in [2.45, 2.75) is 38.1 Å². The molecule has 1 aliphatic carbocycles. The minimum absolute atomic E-state index is 0.0148. The number of allylic oxidation sites excluding steroid dienone is 1. The van der Waals surface area contributed by atoms with Gasteiger partial charge in [-0.2, -0.15) is 5.26 Å². The van der Waals surface area contributed by atoms with Crippen molar-refractivity contribution in [1.82, 2.24) is 0 Å². The maximum Gasteiger partial charge on any atom is 0.316 e. The molecule has 0 aliphatic heterocycles. The maximum atomic E-state index is 11.6. The van der Waals surface area contributed by atoms with E-state index in [9.17, 15) is 25.5 Å². The van der Waals surface area contributed by atoms with Crippen LogP contribution in [0.25, 0.3) is 0 Å². The predicted octanol–water partition coefficient (Wildman–Crippen LogP) is 3.35. The van der Waals surface area contributed by atoms with Crippen LogP contribution < -0.4 is 0 Å². The van der Waals surface area contributed by atoms with E-state index in [0.717, 1.165) is 11.1 Å². The van der Waals surface area contributed by atoms with Crippen LogP contribution in [0.1, 0.15) is 38.2 Å². The Hall–Kier alpha value is -2.75. The molecule has 0 amide bonds. The van der Waals surface area contributed by atoms with Gasteiger partial charge in [0.1, 0.15) is 6.07 Å². The molecule has 1 aromatic carbocycles. The highest BCUT2D eigenvalue weighted by atomic mass is 16.6. The van der Waals surface area contributed by atoms with Crippen molar-refractivity contribution in [3.8, 4) is 6.07 Å². The van der Waals surface area contributed by atoms with Crippen LogP contribution in [0, 0.1) is 31.6 Å². The first-order valence-corrected chi connectivity index (χ1v) is 6.77. The average Bonchev–Trinajstić information content (AvgIpc) is 2.49. The second kappa shape index (κ2) is 5.56. The van der Waals surface area contributed by atoms with Crippen molar-refractivity contribution in [2.75, 3.05) is 0 Å². The Morgan fingerprint density at radius 3 is 2.41 bits per heavy atom. The normalized spacial score (nSPS) is 24.7. The molecule has 0 spiro atoms. The summed E-state index contributed by atoms with van der Waals surface area (Å²) in [6.45, 7) is 3.61. The van der Waals surface area contributed by atoms with Gasteiger partial charge in [-0.1, -0.05) is 29.3 Å². The molecule has 0 heterocycles. The molecule has 0 aromatic heterocycles. The lowest BCUT2D eigenvalue weighted by molar-refractivity contribution is -0.557. The van der Waals surface area contributed by atoms with E-state index in [2.05, 4.69) is 0 Å². The van der Waals surface area contributed by atoms with Gasteiger partial charge in [-0.05, 0) is 20.3 Å². The number of nitro benzene ring substituents is 1. The summed E-state index contributed by atoms with van der Waals surface area (Å²) in [7, 11) is 0. The van der Waals surface area contributed by atoms with Gasteiger partial charge in [0, 0.05) is 16.6 Å². The Bertz CT molecular complexity index is 720. The fourth-order valence-electron chi connectivity index (χ4n) is 2.99. The summed E-state index contributed by atoms with van der Waals surface area (Å²) < 4.78 is 0. The number of nitro groups is 2. The fourth-order valence-corrected chi connectivity index (χ4v) is 2.99. The molecule has 0 radical (unpaired) electrons. The SMILES string of the molecule is CC1=C(C)C[C@](C#N)([N+](=O)[O-])[C@@H](c2ccccc2[N+](=O)[O-])C1. The molecule has 1 aliphatic rings. The highest BCUT2D eigenvalue weighted by Gasteiger charge is 2.55. The fraction of sp³-hybridized carbons (Fsp3) is 0.400. The second-order valence-electron chi connectivity index (χ2n) is 5.60. The maximum absolute atomic E-state index is 11.6. The highest BCUT2D eigenvalue weighted by molar-refractivity contribution is 5.47. The lowest BCUT2D eigenvalue weighted by atomic mass is 9.68. The van der Waals surface area contributed by atoms with Gasteiger partial charge in [-0.15, -0.1) is 0 Å². The number of rotatable bonds is 3. The molecule has 22 heavy (non-hydrogen) atoms. The van der Waals surface area contributed by atoms with Crippen LogP contribution >= 0.6 is 0 Å². The van der Waals surface area contributed by atoms with Crippen molar-refractivity contribution < 1.29 is 9.85 Å². The van der Waals surface area contributed by atoms with Gasteiger partial charge in [0.15, 0.2) is 0 Å². The molecular weight excluding hydrogens is 286 g/mol. The Morgan fingerprint density at radius 1 is 1.23 bits per heavy atom. The summed E-state index contributed by atoms with van der Waals surface area (Å²) in [5.74, 6) is -0.835. The van der Waals surface area contributed by atoms with Crippen LogP contribution in [0.2, 0.25) is 0 Å². The number of benzene rings is 1. The summed E-state index contributed by atoms with van der Waals surface area (Å²) in [6.07, 6.45) is 0.254. The van der Waals surface area contributed by atoms with E-state index >= 15 is 0 Å². The van der Waals surface area contributed by atoms with Crippen LogP contribution in [-0.2, 0) is 0 Å². The van der Waals surface area contributed by atoms with Crippen molar-refractivity contribution in [3.05, 3.63) is 61.2 Å². The van der Waals surface area contributed by atoms with Crippen LogP contribution in [0.4, 0.5) is 5.69 Å².